The number of carbonyl (C=O) groups excluding carboxylic acids is 1. The minimum absolute atomic E-state index is 0.250. The van der Waals surface area contributed by atoms with Gasteiger partial charge in [0.15, 0.2) is 0 Å². The fourth-order valence-electron chi connectivity index (χ4n) is 1.18. The van der Waals surface area contributed by atoms with Crippen molar-refractivity contribution in [1.82, 2.24) is 4.98 Å². The van der Waals surface area contributed by atoms with Gasteiger partial charge in [-0.05, 0) is 25.5 Å². The summed E-state index contributed by atoms with van der Waals surface area (Å²) in [6.45, 7) is 3.58. The normalized spacial score (nSPS) is 13.5. The van der Waals surface area contributed by atoms with Crippen LogP contribution in [0.25, 0.3) is 0 Å². The van der Waals surface area contributed by atoms with Gasteiger partial charge in [0.05, 0.1) is 5.56 Å². The van der Waals surface area contributed by atoms with Gasteiger partial charge in [-0.25, -0.2) is 4.98 Å². The van der Waals surface area contributed by atoms with E-state index in [4.69, 9.17) is 10.00 Å². The topological polar surface area (TPSA) is 75.0 Å². The number of nitriles is 1. The number of amides is 1. The van der Waals surface area contributed by atoms with Crippen molar-refractivity contribution >= 4 is 11.7 Å². The summed E-state index contributed by atoms with van der Waals surface area (Å²) in [5.41, 5.74) is -0.414. The molecule has 0 spiro atoms. The minimum atomic E-state index is -0.865. The summed E-state index contributed by atoms with van der Waals surface area (Å²) in [7, 11) is 1.50. The molecule has 1 aromatic heterocycles. The number of aromatic nitrogens is 1. The minimum Gasteiger partial charge on any atom is -0.369 e. The molecule has 1 rings (SSSR count). The Kier molecular flexibility index (Phi) is 4.18. The van der Waals surface area contributed by atoms with Gasteiger partial charge >= 0.3 is 0 Å². The molecule has 1 aromatic rings. The van der Waals surface area contributed by atoms with Crippen LogP contribution in [-0.2, 0) is 9.53 Å². The van der Waals surface area contributed by atoms with Crippen LogP contribution in [-0.4, -0.2) is 23.6 Å². The number of rotatable bonds is 4. The highest BCUT2D eigenvalue weighted by Gasteiger charge is 2.31. The number of ether oxygens (including phenoxy) is 1. The third kappa shape index (κ3) is 3.02. The Morgan fingerprint density at radius 2 is 2.35 bits per heavy atom. The van der Waals surface area contributed by atoms with E-state index in [-0.39, 0.29) is 5.91 Å². The van der Waals surface area contributed by atoms with E-state index in [1.807, 2.05) is 13.0 Å². The lowest BCUT2D eigenvalue weighted by Crippen LogP contribution is -2.41. The first-order chi connectivity index (χ1) is 8.05. The summed E-state index contributed by atoms with van der Waals surface area (Å²) in [5.74, 6) is 0.158. The first-order valence-corrected chi connectivity index (χ1v) is 5.28. The third-order valence-electron chi connectivity index (χ3n) is 2.74. The second kappa shape index (κ2) is 5.41. The van der Waals surface area contributed by atoms with Crippen LogP contribution in [0.1, 0.15) is 25.8 Å². The number of nitrogens with zero attached hydrogens (tertiary/aromatic N) is 2. The van der Waals surface area contributed by atoms with E-state index < -0.39 is 5.60 Å². The van der Waals surface area contributed by atoms with Crippen molar-refractivity contribution in [3.63, 3.8) is 0 Å². The van der Waals surface area contributed by atoms with E-state index in [1.165, 1.54) is 13.3 Å². The molecule has 0 saturated carbocycles. The largest absolute Gasteiger partial charge is 0.369 e. The molecule has 0 saturated heterocycles. The van der Waals surface area contributed by atoms with Gasteiger partial charge in [0.1, 0.15) is 17.5 Å². The zero-order valence-electron chi connectivity index (χ0n) is 10.2. The molecule has 5 nitrogen and oxygen atoms in total. The Labute approximate surface area is 100 Å². The van der Waals surface area contributed by atoms with Gasteiger partial charge in [0.2, 0.25) is 0 Å². The Morgan fingerprint density at radius 3 is 2.76 bits per heavy atom. The summed E-state index contributed by atoms with van der Waals surface area (Å²) in [5, 5.41) is 11.3. The van der Waals surface area contributed by atoms with Gasteiger partial charge in [-0.2, -0.15) is 5.26 Å². The monoisotopic (exact) mass is 233 g/mol. The number of pyridine rings is 1. The van der Waals surface area contributed by atoms with Gasteiger partial charge in [-0.3, -0.25) is 4.79 Å². The predicted molar refractivity (Wildman–Crippen MR) is 63.3 cm³/mol. The molecular formula is C12H15N3O2. The molecule has 0 aliphatic carbocycles. The molecule has 0 radical (unpaired) electrons. The summed E-state index contributed by atoms with van der Waals surface area (Å²) in [6.07, 6.45) is 1.97. The number of methoxy groups -OCH3 is 1. The zero-order valence-corrected chi connectivity index (χ0v) is 10.2. The molecule has 90 valence electrons. The van der Waals surface area contributed by atoms with Crippen molar-refractivity contribution in [2.45, 2.75) is 25.9 Å². The number of hydrogen-bond donors (Lipinski definition) is 1. The van der Waals surface area contributed by atoms with Crippen molar-refractivity contribution in [3.05, 3.63) is 23.9 Å². The molecule has 0 fully saturated rings. The SMILES string of the molecule is CCC(C)(OC)C(=O)Nc1ccc(C#N)cn1. The molecule has 17 heavy (non-hydrogen) atoms. The fraction of sp³-hybridized carbons (Fsp3) is 0.417. The summed E-state index contributed by atoms with van der Waals surface area (Å²) in [4.78, 5) is 15.9. The maximum atomic E-state index is 11.9. The highest BCUT2D eigenvalue weighted by atomic mass is 16.5. The molecule has 1 atom stereocenters. The van der Waals surface area contributed by atoms with Crippen molar-refractivity contribution < 1.29 is 9.53 Å². The first kappa shape index (κ1) is 13.1. The Morgan fingerprint density at radius 1 is 1.65 bits per heavy atom. The quantitative estimate of drug-likeness (QED) is 0.859. The number of hydrogen-bond acceptors (Lipinski definition) is 4. The molecule has 1 heterocycles. The number of anilines is 1. The summed E-state index contributed by atoms with van der Waals surface area (Å²) in [6, 6.07) is 5.14. The van der Waals surface area contributed by atoms with E-state index in [2.05, 4.69) is 10.3 Å². The van der Waals surface area contributed by atoms with Crippen LogP contribution >= 0.6 is 0 Å². The number of nitrogens with one attached hydrogen (secondary N) is 1. The van der Waals surface area contributed by atoms with Crippen molar-refractivity contribution in [3.8, 4) is 6.07 Å². The molecule has 0 aromatic carbocycles. The number of carbonyl (C=O) groups is 1. The van der Waals surface area contributed by atoms with Gasteiger partial charge in [-0.1, -0.05) is 6.92 Å². The van der Waals surface area contributed by atoms with Crippen molar-refractivity contribution in [1.29, 1.82) is 5.26 Å². The maximum Gasteiger partial charge on any atom is 0.257 e. The Hall–Kier alpha value is -1.93. The average molecular weight is 233 g/mol. The lowest BCUT2D eigenvalue weighted by Gasteiger charge is -2.24. The van der Waals surface area contributed by atoms with Gasteiger partial charge in [0.25, 0.3) is 5.91 Å². The second-order valence-electron chi connectivity index (χ2n) is 3.79. The van der Waals surface area contributed by atoms with E-state index >= 15 is 0 Å². The molecule has 1 amide bonds. The maximum absolute atomic E-state index is 11.9. The Balaban J connectivity index is 2.78. The molecule has 1 N–H and O–H groups in total. The zero-order chi connectivity index (χ0) is 12.9. The Bertz CT molecular complexity index is 430. The molecule has 0 bridgehead atoms. The van der Waals surface area contributed by atoms with Crippen LogP contribution < -0.4 is 5.32 Å². The summed E-state index contributed by atoms with van der Waals surface area (Å²) >= 11 is 0. The molecule has 5 heteroatoms. The van der Waals surface area contributed by atoms with Gasteiger partial charge < -0.3 is 10.1 Å². The highest BCUT2D eigenvalue weighted by Crippen LogP contribution is 2.16. The van der Waals surface area contributed by atoms with E-state index in [9.17, 15) is 4.79 Å². The summed E-state index contributed by atoms with van der Waals surface area (Å²) < 4.78 is 5.17. The van der Waals surface area contributed by atoms with E-state index in [0.717, 1.165) is 0 Å². The first-order valence-electron chi connectivity index (χ1n) is 5.28. The molecular weight excluding hydrogens is 218 g/mol. The second-order valence-corrected chi connectivity index (χ2v) is 3.79. The standard InChI is InChI=1S/C12H15N3O2/c1-4-12(2,17-3)11(16)15-10-6-5-9(7-13)8-14-10/h5-6,8H,4H2,1-3H3,(H,14,15,16). The molecule has 0 aliphatic heterocycles. The van der Waals surface area contributed by atoms with Crippen LogP contribution in [0.4, 0.5) is 5.82 Å². The van der Waals surface area contributed by atoms with E-state index in [1.54, 1.807) is 19.1 Å². The van der Waals surface area contributed by atoms with E-state index in [0.29, 0.717) is 17.8 Å². The smallest absolute Gasteiger partial charge is 0.257 e. The fourth-order valence-corrected chi connectivity index (χ4v) is 1.18. The van der Waals surface area contributed by atoms with Crippen molar-refractivity contribution in [2.75, 3.05) is 12.4 Å². The molecule has 0 aliphatic rings. The lowest BCUT2D eigenvalue weighted by atomic mass is 10.0. The molecule has 1 unspecified atom stereocenters. The van der Waals surface area contributed by atoms with Crippen LogP contribution in [0.2, 0.25) is 0 Å². The lowest BCUT2D eigenvalue weighted by molar-refractivity contribution is -0.136. The van der Waals surface area contributed by atoms with Crippen LogP contribution in [0.3, 0.4) is 0 Å². The third-order valence-corrected chi connectivity index (χ3v) is 2.74. The van der Waals surface area contributed by atoms with Crippen molar-refractivity contribution in [2.24, 2.45) is 0 Å². The van der Waals surface area contributed by atoms with Crippen LogP contribution in [0.15, 0.2) is 18.3 Å². The van der Waals surface area contributed by atoms with Gasteiger partial charge in [0, 0.05) is 13.3 Å². The van der Waals surface area contributed by atoms with Crippen LogP contribution in [0.5, 0.6) is 0 Å². The van der Waals surface area contributed by atoms with Gasteiger partial charge in [-0.15, -0.1) is 0 Å². The average Bonchev–Trinajstić information content (AvgIpc) is 2.38. The predicted octanol–water partition coefficient (Wildman–Crippen LogP) is 1.71. The highest BCUT2D eigenvalue weighted by molar-refractivity contribution is 5.96. The van der Waals surface area contributed by atoms with Crippen LogP contribution in [0, 0.1) is 11.3 Å².